The molecule has 0 aliphatic carbocycles. The van der Waals surface area contributed by atoms with E-state index in [4.69, 9.17) is 16.3 Å². The molecule has 0 fully saturated rings. The number of rotatable bonds is 5. The Morgan fingerprint density at radius 1 is 1.18 bits per heavy atom. The highest BCUT2D eigenvalue weighted by molar-refractivity contribution is 6.17. The zero-order valence-corrected chi connectivity index (χ0v) is 6.71. The van der Waals surface area contributed by atoms with Crippen molar-refractivity contribution in [2.24, 2.45) is 0 Å². The second kappa shape index (κ2) is 5.66. The number of hydrogen-bond acceptors (Lipinski definition) is 1. The minimum absolute atomic E-state index is 0.0143. The van der Waals surface area contributed by atoms with Crippen molar-refractivity contribution >= 4 is 11.6 Å². The Bertz CT molecular complexity index is 94.3. The summed E-state index contributed by atoms with van der Waals surface area (Å²) in [6.07, 6.45) is -4.83. The normalized spacial score (nSPS) is 12.0. The summed E-state index contributed by atoms with van der Waals surface area (Å²) in [5.74, 6) is 0.325. The van der Waals surface area contributed by atoms with Gasteiger partial charge in [-0.2, -0.15) is 13.2 Å². The molecule has 0 amide bonds. The quantitative estimate of drug-likeness (QED) is 0.478. The second-order valence-corrected chi connectivity index (χ2v) is 2.40. The maximum Gasteiger partial charge on any atom is 0.389 e. The van der Waals surface area contributed by atoms with Gasteiger partial charge in [-0.05, 0) is 6.42 Å². The van der Waals surface area contributed by atoms with Gasteiger partial charge in [-0.1, -0.05) is 0 Å². The van der Waals surface area contributed by atoms with Crippen LogP contribution in [0.25, 0.3) is 0 Å². The van der Waals surface area contributed by atoms with Crippen LogP contribution in [0.15, 0.2) is 0 Å². The lowest BCUT2D eigenvalue weighted by atomic mass is 10.3. The zero-order chi connectivity index (χ0) is 8.74. The molecule has 0 rings (SSSR count). The van der Waals surface area contributed by atoms with Gasteiger partial charge < -0.3 is 4.74 Å². The third kappa shape index (κ3) is 10.0. The largest absolute Gasteiger partial charge is 0.389 e. The Labute approximate surface area is 68.5 Å². The van der Waals surface area contributed by atoms with Gasteiger partial charge in [0.25, 0.3) is 0 Å². The summed E-state index contributed by atoms with van der Waals surface area (Å²) >= 11 is 5.22. The predicted octanol–water partition coefficient (Wildman–Crippen LogP) is 2.58. The molecule has 0 heterocycles. The van der Waals surface area contributed by atoms with Crippen LogP contribution in [-0.2, 0) is 4.74 Å². The number of halogens is 4. The van der Waals surface area contributed by atoms with Crippen LogP contribution in [-0.4, -0.2) is 25.3 Å². The molecular weight excluding hydrogens is 181 g/mol. The van der Waals surface area contributed by atoms with E-state index in [0.29, 0.717) is 12.5 Å². The van der Waals surface area contributed by atoms with E-state index in [-0.39, 0.29) is 13.0 Å². The van der Waals surface area contributed by atoms with Gasteiger partial charge in [0.15, 0.2) is 0 Å². The highest BCUT2D eigenvalue weighted by atomic mass is 35.5. The summed E-state index contributed by atoms with van der Waals surface area (Å²) < 4.78 is 39.2. The Kier molecular flexibility index (Phi) is 5.68. The van der Waals surface area contributed by atoms with Gasteiger partial charge in [0.1, 0.15) is 0 Å². The van der Waals surface area contributed by atoms with Crippen LogP contribution >= 0.6 is 11.6 Å². The molecule has 0 bridgehead atoms. The van der Waals surface area contributed by atoms with E-state index in [1.165, 1.54) is 0 Å². The van der Waals surface area contributed by atoms with Gasteiger partial charge in [-0.25, -0.2) is 0 Å². The first kappa shape index (κ1) is 11.0. The summed E-state index contributed by atoms with van der Waals surface area (Å²) in [7, 11) is 0. The molecule has 11 heavy (non-hydrogen) atoms. The van der Waals surface area contributed by atoms with Crippen molar-refractivity contribution in [3.05, 3.63) is 0 Å². The lowest BCUT2D eigenvalue weighted by molar-refractivity contribution is -0.137. The lowest BCUT2D eigenvalue weighted by Crippen LogP contribution is -2.09. The summed E-state index contributed by atoms with van der Waals surface area (Å²) in [4.78, 5) is 0. The molecule has 0 aliphatic rings. The second-order valence-electron chi connectivity index (χ2n) is 2.02. The van der Waals surface area contributed by atoms with Gasteiger partial charge in [-0.3, -0.25) is 0 Å². The molecule has 1 nitrogen and oxygen atoms in total. The van der Waals surface area contributed by atoms with E-state index >= 15 is 0 Å². The summed E-state index contributed by atoms with van der Waals surface area (Å²) in [5, 5.41) is 0. The smallest absolute Gasteiger partial charge is 0.380 e. The minimum atomic E-state index is -4.07. The fourth-order valence-corrected chi connectivity index (χ4v) is 0.640. The Balaban J connectivity index is 3.02. The first-order valence-electron chi connectivity index (χ1n) is 3.27. The Hall–Kier alpha value is 0.0400. The topological polar surface area (TPSA) is 9.23 Å². The maximum atomic E-state index is 11.5. The first-order valence-corrected chi connectivity index (χ1v) is 3.80. The average molecular weight is 191 g/mol. The Morgan fingerprint density at radius 3 is 2.27 bits per heavy atom. The fraction of sp³-hybridized carbons (Fsp3) is 1.00. The highest BCUT2D eigenvalue weighted by Crippen LogP contribution is 2.20. The van der Waals surface area contributed by atoms with E-state index in [2.05, 4.69) is 0 Å². The van der Waals surface area contributed by atoms with Crippen LogP contribution in [0.4, 0.5) is 13.2 Å². The van der Waals surface area contributed by atoms with Gasteiger partial charge >= 0.3 is 6.18 Å². The van der Waals surface area contributed by atoms with Crippen LogP contribution in [0.5, 0.6) is 0 Å². The van der Waals surface area contributed by atoms with Crippen LogP contribution in [0.2, 0.25) is 0 Å². The first-order chi connectivity index (χ1) is 5.06. The minimum Gasteiger partial charge on any atom is -0.380 e. The molecule has 0 radical (unpaired) electrons. The number of alkyl halides is 4. The monoisotopic (exact) mass is 190 g/mol. The molecule has 0 aromatic rings. The predicted molar refractivity (Wildman–Crippen MR) is 36.8 cm³/mol. The van der Waals surface area contributed by atoms with Crippen molar-refractivity contribution < 1.29 is 17.9 Å². The fourth-order valence-electron chi connectivity index (χ4n) is 0.531. The van der Waals surface area contributed by atoms with Crippen molar-refractivity contribution in [2.75, 3.05) is 19.1 Å². The number of hydrogen-bond donors (Lipinski definition) is 0. The zero-order valence-electron chi connectivity index (χ0n) is 5.96. The molecule has 0 aliphatic heterocycles. The lowest BCUT2D eigenvalue weighted by Gasteiger charge is -2.05. The molecule has 0 unspecified atom stereocenters. The van der Waals surface area contributed by atoms with Crippen LogP contribution < -0.4 is 0 Å². The van der Waals surface area contributed by atoms with Crippen molar-refractivity contribution in [3.8, 4) is 0 Å². The van der Waals surface area contributed by atoms with Gasteiger partial charge in [0.05, 0.1) is 6.61 Å². The standard InChI is InChI=1S/C6H10ClF3O/c7-3-5-11-4-1-2-6(8,9)10/h1-5H2. The third-order valence-corrected chi connectivity index (χ3v) is 1.12. The average Bonchev–Trinajstić information content (AvgIpc) is 1.85. The molecule has 5 heteroatoms. The molecule has 68 valence electrons. The summed E-state index contributed by atoms with van der Waals surface area (Å²) in [5.41, 5.74) is 0. The maximum absolute atomic E-state index is 11.5. The SMILES string of the molecule is FC(F)(F)CCCOCCCl. The van der Waals surface area contributed by atoms with Crippen molar-refractivity contribution in [2.45, 2.75) is 19.0 Å². The van der Waals surface area contributed by atoms with E-state index in [1.54, 1.807) is 0 Å². The van der Waals surface area contributed by atoms with E-state index in [1.807, 2.05) is 0 Å². The van der Waals surface area contributed by atoms with E-state index in [9.17, 15) is 13.2 Å². The van der Waals surface area contributed by atoms with Gasteiger partial charge in [0, 0.05) is 18.9 Å². The van der Waals surface area contributed by atoms with Gasteiger partial charge in [-0.15, -0.1) is 11.6 Å². The third-order valence-electron chi connectivity index (χ3n) is 0.970. The van der Waals surface area contributed by atoms with Crippen LogP contribution in [0, 0.1) is 0 Å². The molecule has 0 aromatic heterocycles. The highest BCUT2D eigenvalue weighted by Gasteiger charge is 2.25. The van der Waals surface area contributed by atoms with Crippen molar-refractivity contribution in [3.63, 3.8) is 0 Å². The molecule has 0 N–H and O–H groups in total. The summed E-state index contributed by atoms with van der Waals surface area (Å²) in [6, 6.07) is 0. The molecule has 0 saturated heterocycles. The van der Waals surface area contributed by atoms with Crippen LogP contribution in [0.1, 0.15) is 12.8 Å². The molecule has 0 aromatic carbocycles. The summed E-state index contributed by atoms with van der Waals surface area (Å²) in [6.45, 7) is 0.450. The molecule has 0 atom stereocenters. The van der Waals surface area contributed by atoms with Crippen molar-refractivity contribution in [1.82, 2.24) is 0 Å². The van der Waals surface area contributed by atoms with E-state index < -0.39 is 12.6 Å². The molecule has 0 saturated carbocycles. The molecule has 0 spiro atoms. The van der Waals surface area contributed by atoms with Crippen molar-refractivity contribution in [1.29, 1.82) is 0 Å². The Morgan fingerprint density at radius 2 is 1.82 bits per heavy atom. The van der Waals surface area contributed by atoms with Crippen LogP contribution in [0.3, 0.4) is 0 Å². The molecular formula is C6H10ClF3O. The van der Waals surface area contributed by atoms with Gasteiger partial charge in [0.2, 0.25) is 0 Å². The number of ether oxygens (including phenoxy) is 1. The van der Waals surface area contributed by atoms with E-state index in [0.717, 1.165) is 0 Å².